The van der Waals surface area contributed by atoms with Crippen LogP contribution in [0, 0.1) is 0 Å². The van der Waals surface area contributed by atoms with E-state index in [4.69, 9.17) is 16.0 Å². The van der Waals surface area contributed by atoms with Crippen molar-refractivity contribution < 1.29 is 27.1 Å². The van der Waals surface area contributed by atoms with E-state index in [0.717, 1.165) is 0 Å². The Balaban J connectivity index is 1.92. The third kappa shape index (κ3) is 4.42. The molecule has 0 bridgehead atoms. The van der Waals surface area contributed by atoms with Gasteiger partial charge >= 0.3 is 6.36 Å². The first-order valence-electron chi connectivity index (χ1n) is 5.71. The number of amides is 1. The first-order chi connectivity index (χ1) is 9.85. The number of alkyl halides is 3. The van der Waals surface area contributed by atoms with Crippen LogP contribution in [0.3, 0.4) is 0 Å². The maximum atomic E-state index is 12.0. The van der Waals surface area contributed by atoms with Gasteiger partial charge in [-0.2, -0.15) is 0 Å². The number of halogens is 4. The summed E-state index contributed by atoms with van der Waals surface area (Å²) in [5, 5.41) is 2.54. The fourth-order valence-electron chi connectivity index (χ4n) is 1.54. The van der Waals surface area contributed by atoms with Crippen LogP contribution in [0.25, 0.3) is 0 Å². The summed E-state index contributed by atoms with van der Waals surface area (Å²) in [5.74, 6) is -0.764. The molecule has 1 amide bonds. The number of benzene rings is 1. The Morgan fingerprint density at radius 3 is 2.43 bits per heavy atom. The van der Waals surface area contributed by atoms with Crippen molar-refractivity contribution in [2.75, 3.05) is 0 Å². The number of hydrogen-bond acceptors (Lipinski definition) is 3. The van der Waals surface area contributed by atoms with Gasteiger partial charge in [0.2, 0.25) is 5.22 Å². The van der Waals surface area contributed by atoms with Gasteiger partial charge in [-0.25, -0.2) is 0 Å². The molecule has 21 heavy (non-hydrogen) atoms. The van der Waals surface area contributed by atoms with Crippen molar-refractivity contribution in [3.05, 3.63) is 52.9 Å². The molecule has 0 radical (unpaired) electrons. The predicted molar refractivity (Wildman–Crippen MR) is 68.0 cm³/mol. The second kappa shape index (κ2) is 6.09. The van der Waals surface area contributed by atoms with E-state index in [1.807, 2.05) is 0 Å². The summed E-state index contributed by atoms with van der Waals surface area (Å²) in [4.78, 5) is 11.7. The fourth-order valence-corrected chi connectivity index (χ4v) is 1.74. The minimum atomic E-state index is -4.73. The zero-order chi connectivity index (χ0) is 15.5. The Bertz CT molecular complexity index is 622. The molecule has 0 spiro atoms. The Hall–Kier alpha value is -2.15. The number of rotatable bonds is 4. The molecule has 0 unspecified atom stereocenters. The predicted octanol–water partition coefficient (Wildman–Crippen LogP) is 3.76. The molecule has 0 atom stereocenters. The van der Waals surface area contributed by atoms with Crippen molar-refractivity contribution in [1.82, 2.24) is 5.32 Å². The van der Waals surface area contributed by atoms with E-state index in [-0.39, 0.29) is 23.1 Å². The number of carbonyl (C=O) groups is 1. The molecular weight excluding hydrogens is 311 g/mol. The van der Waals surface area contributed by atoms with Crippen molar-refractivity contribution in [2.45, 2.75) is 12.9 Å². The van der Waals surface area contributed by atoms with Crippen molar-refractivity contribution in [2.24, 2.45) is 0 Å². The highest BCUT2D eigenvalue weighted by Gasteiger charge is 2.30. The number of carbonyl (C=O) groups excluding carboxylic acids is 1. The fraction of sp³-hybridized carbons (Fsp3) is 0.154. The van der Waals surface area contributed by atoms with Gasteiger partial charge in [-0.3, -0.25) is 4.79 Å². The Morgan fingerprint density at radius 1 is 1.24 bits per heavy atom. The summed E-state index contributed by atoms with van der Waals surface area (Å²) in [6, 6.07) is 6.58. The summed E-state index contributed by atoms with van der Waals surface area (Å²) in [6.07, 6.45) is -3.45. The molecule has 1 heterocycles. The summed E-state index contributed by atoms with van der Waals surface area (Å²) in [5.41, 5.74) is 0.797. The summed E-state index contributed by atoms with van der Waals surface area (Å²) in [6.45, 7) is 0.132. The van der Waals surface area contributed by atoms with E-state index in [1.165, 1.54) is 36.6 Å². The van der Waals surface area contributed by atoms with Gasteiger partial charge in [0.05, 0.1) is 11.8 Å². The summed E-state index contributed by atoms with van der Waals surface area (Å²) in [7, 11) is 0. The van der Waals surface area contributed by atoms with Crippen LogP contribution in [0.1, 0.15) is 15.9 Å². The van der Waals surface area contributed by atoms with Gasteiger partial charge in [-0.15, -0.1) is 13.2 Å². The van der Waals surface area contributed by atoms with Gasteiger partial charge in [0.15, 0.2) is 0 Å². The molecule has 8 heteroatoms. The molecule has 2 aromatic rings. The van der Waals surface area contributed by atoms with Gasteiger partial charge in [-0.1, -0.05) is 12.1 Å². The lowest BCUT2D eigenvalue weighted by Gasteiger charge is -2.09. The maximum absolute atomic E-state index is 12.0. The maximum Gasteiger partial charge on any atom is 0.573 e. The smallest absolute Gasteiger partial charge is 0.452 e. The van der Waals surface area contributed by atoms with E-state index in [1.54, 1.807) is 0 Å². The number of nitrogens with one attached hydrogen (secondary N) is 1. The molecule has 0 saturated heterocycles. The van der Waals surface area contributed by atoms with Gasteiger partial charge < -0.3 is 14.5 Å². The van der Waals surface area contributed by atoms with Crippen LogP contribution in [0.15, 0.2) is 41.0 Å². The lowest BCUT2D eigenvalue weighted by atomic mass is 10.2. The van der Waals surface area contributed by atoms with E-state index >= 15 is 0 Å². The largest absolute Gasteiger partial charge is 0.573 e. The average molecular weight is 320 g/mol. The lowest BCUT2D eigenvalue weighted by molar-refractivity contribution is -0.274. The molecule has 4 nitrogen and oxygen atoms in total. The zero-order valence-corrected chi connectivity index (χ0v) is 11.2. The van der Waals surface area contributed by atoms with Gasteiger partial charge in [0, 0.05) is 6.54 Å². The molecule has 0 saturated carbocycles. The van der Waals surface area contributed by atoms with E-state index in [0.29, 0.717) is 5.56 Å². The van der Waals surface area contributed by atoms with Gasteiger partial charge in [0.1, 0.15) is 5.75 Å². The highest BCUT2D eigenvalue weighted by atomic mass is 35.5. The third-order valence-electron chi connectivity index (χ3n) is 2.47. The first-order valence-corrected chi connectivity index (χ1v) is 6.09. The minimum absolute atomic E-state index is 0.0265. The Morgan fingerprint density at radius 2 is 1.90 bits per heavy atom. The van der Waals surface area contributed by atoms with Gasteiger partial charge in [-0.05, 0) is 35.4 Å². The number of hydrogen-bond donors (Lipinski definition) is 1. The molecule has 1 aromatic carbocycles. The van der Waals surface area contributed by atoms with Crippen molar-refractivity contribution in [1.29, 1.82) is 0 Å². The highest BCUT2D eigenvalue weighted by molar-refractivity contribution is 6.32. The average Bonchev–Trinajstić information content (AvgIpc) is 2.82. The SMILES string of the molecule is O=C(NCc1ccc(OC(F)(F)F)cc1)c1ccoc1Cl. The van der Waals surface area contributed by atoms with Crippen molar-refractivity contribution >= 4 is 17.5 Å². The molecule has 0 aliphatic carbocycles. The first kappa shape index (κ1) is 15.2. The summed E-state index contributed by atoms with van der Waals surface area (Å²) >= 11 is 5.65. The molecule has 112 valence electrons. The highest BCUT2D eigenvalue weighted by Crippen LogP contribution is 2.22. The Labute approximate surface area is 122 Å². The van der Waals surface area contributed by atoms with E-state index in [9.17, 15) is 18.0 Å². The molecular formula is C13H9ClF3NO3. The van der Waals surface area contributed by atoms with Crippen LogP contribution in [0.5, 0.6) is 5.75 Å². The van der Waals surface area contributed by atoms with Crippen LogP contribution in [-0.2, 0) is 6.54 Å². The zero-order valence-electron chi connectivity index (χ0n) is 10.4. The van der Waals surface area contributed by atoms with Gasteiger partial charge in [0.25, 0.3) is 5.91 Å². The van der Waals surface area contributed by atoms with E-state index in [2.05, 4.69) is 10.1 Å². The summed E-state index contributed by atoms with van der Waals surface area (Å²) < 4.78 is 44.5. The van der Waals surface area contributed by atoms with Crippen LogP contribution in [0.4, 0.5) is 13.2 Å². The molecule has 1 aromatic heterocycles. The van der Waals surface area contributed by atoms with Crippen LogP contribution in [-0.4, -0.2) is 12.3 Å². The number of ether oxygens (including phenoxy) is 1. The van der Waals surface area contributed by atoms with Crippen LogP contribution < -0.4 is 10.1 Å². The minimum Gasteiger partial charge on any atom is -0.452 e. The molecule has 1 N–H and O–H groups in total. The normalized spacial score (nSPS) is 11.2. The topological polar surface area (TPSA) is 51.5 Å². The van der Waals surface area contributed by atoms with Crippen LogP contribution >= 0.6 is 11.6 Å². The number of furan rings is 1. The second-order valence-electron chi connectivity index (χ2n) is 3.98. The third-order valence-corrected chi connectivity index (χ3v) is 2.77. The lowest BCUT2D eigenvalue weighted by Crippen LogP contribution is -2.22. The van der Waals surface area contributed by atoms with E-state index < -0.39 is 12.3 Å². The monoisotopic (exact) mass is 319 g/mol. The van der Waals surface area contributed by atoms with Crippen molar-refractivity contribution in [3.63, 3.8) is 0 Å². The Kier molecular flexibility index (Phi) is 4.42. The van der Waals surface area contributed by atoms with Crippen LogP contribution in [0.2, 0.25) is 5.22 Å². The van der Waals surface area contributed by atoms with Crippen molar-refractivity contribution in [3.8, 4) is 5.75 Å². The molecule has 0 fully saturated rings. The second-order valence-corrected chi connectivity index (χ2v) is 4.33. The molecule has 0 aliphatic rings. The molecule has 0 aliphatic heterocycles. The molecule has 2 rings (SSSR count). The quantitative estimate of drug-likeness (QED) is 0.933. The standard InChI is InChI=1S/C13H9ClF3NO3/c14-11-10(5-6-20-11)12(19)18-7-8-1-3-9(4-2-8)21-13(15,16)17/h1-6H,7H2,(H,18,19).